The Labute approximate surface area is 151 Å². The van der Waals surface area contributed by atoms with Gasteiger partial charge >= 0.3 is 6.09 Å². The topological polar surface area (TPSA) is 100 Å². The second kappa shape index (κ2) is 7.19. The Kier molecular flexibility index (Phi) is 5.61. The van der Waals surface area contributed by atoms with Crippen molar-refractivity contribution in [2.75, 3.05) is 6.54 Å². The number of hydrogen-bond donors (Lipinski definition) is 0. The SMILES string of the molecule is C[C@H]1OC(C)(C)N(C(=O)OC(C)(C)C)[C@@H]1c1nc(CCN=[N+]=[N-])cs1. The third-order valence-electron chi connectivity index (χ3n) is 3.72. The molecule has 0 spiro atoms. The molecule has 1 aromatic rings. The summed E-state index contributed by atoms with van der Waals surface area (Å²) in [7, 11) is 0. The number of carbonyl (C=O) groups excluding carboxylic acids is 1. The quantitative estimate of drug-likeness (QED) is 0.446. The number of amides is 1. The van der Waals surface area contributed by atoms with Crippen molar-refractivity contribution in [2.45, 2.75) is 71.4 Å². The van der Waals surface area contributed by atoms with Crippen LogP contribution in [-0.4, -0.2) is 40.0 Å². The molecule has 0 bridgehead atoms. The van der Waals surface area contributed by atoms with Gasteiger partial charge in [-0.15, -0.1) is 11.3 Å². The molecule has 1 saturated heterocycles. The summed E-state index contributed by atoms with van der Waals surface area (Å²) in [6.07, 6.45) is -0.0606. The molecule has 25 heavy (non-hydrogen) atoms. The Hall–Kier alpha value is -1.83. The lowest BCUT2D eigenvalue weighted by Crippen LogP contribution is -2.47. The zero-order chi connectivity index (χ0) is 18.8. The van der Waals surface area contributed by atoms with Gasteiger partial charge in [-0.25, -0.2) is 9.78 Å². The van der Waals surface area contributed by atoms with Gasteiger partial charge in [0.05, 0.1) is 11.8 Å². The number of aromatic nitrogens is 1. The third-order valence-corrected chi connectivity index (χ3v) is 4.69. The molecule has 1 amide bonds. The van der Waals surface area contributed by atoms with E-state index in [-0.39, 0.29) is 12.1 Å². The van der Waals surface area contributed by atoms with Crippen molar-refractivity contribution in [1.29, 1.82) is 0 Å². The van der Waals surface area contributed by atoms with Crippen LogP contribution in [0.2, 0.25) is 0 Å². The van der Waals surface area contributed by atoms with Crippen LogP contribution >= 0.6 is 11.3 Å². The van der Waals surface area contributed by atoms with Crippen LogP contribution in [0.5, 0.6) is 0 Å². The standard InChI is InChI=1S/C16H25N5O3S/c1-10-12(13-19-11(9-25-13)7-8-18-20-17)21(16(5,6)23-10)14(22)24-15(2,3)4/h9-10,12H,7-8H2,1-6H3/t10-,12+/m1/s1. The summed E-state index contributed by atoms with van der Waals surface area (Å²) < 4.78 is 11.6. The Morgan fingerprint density at radius 2 is 2.24 bits per heavy atom. The molecule has 9 heteroatoms. The molecule has 2 heterocycles. The Morgan fingerprint density at radius 3 is 2.84 bits per heavy atom. The van der Waals surface area contributed by atoms with Crippen molar-refractivity contribution in [3.05, 3.63) is 26.5 Å². The fourth-order valence-electron chi connectivity index (χ4n) is 2.86. The summed E-state index contributed by atoms with van der Waals surface area (Å²) in [4.78, 5) is 21.8. The van der Waals surface area contributed by atoms with Crippen molar-refractivity contribution in [3.63, 3.8) is 0 Å². The van der Waals surface area contributed by atoms with Crippen molar-refractivity contribution < 1.29 is 14.3 Å². The number of azide groups is 1. The van der Waals surface area contributed by atoms with E-state index in [9.17, 15) is 4.79 Å². The molecule has 2 atom stereocenters. The van der Waals surface area contributed by atoms with Crippen LogP contribution in [-0.2, 0) is 15.9 Å². The van der Waals surface area contributed by atoms with Crippen LogP contribution in [0.15, 0.2) is 10.5 Å². The first kappa shape index (κ1) is 19.5. The van der Waals surface area contributed by atoms with Gasteiger partial charge in [-0.1, -0.05) is 5.11 Å². The minimum atomic E-state index is -0.788. The predicted octanol–water partition coefficient (Wildman–Crippen LogP) is 4.43. The van der Waals surface area contributed by atoms with Gasteiger partial charge in [0.15, 0.2) is 0 Å². The maximum atomic E-state index is 12.8. The summed E-state index contributed by atoms with van der Waals surface area (Å²) >= 11 is 1.47. The average molecular weight is 367 g/mol. The fraction of sp³-hybridized carbons (Fsp3) is 0.750. The van der Waals surface area contributed by atoms with E-state index in [0.717, 1.165) is 10.7 Å². The molecule has 2 rings (SSSR count). The first-order valence-corrected chi connectivity index (χ1v) is 9.08. The number of ether oxygens (including phenoxy) is 2. The van der Waals surface area contributed by atoms with Crippen LogP contribution in [0, 0.1) is 0 Å². The largest absolute Gasteiger partial charge is 0.444 e. The summed E-state index contributed by atoms with van der Waals surface area (Å²) in [5.74, 6) is 0. The van der Waals surface area contributed by atoms with Crippen molar-refractivity contribution in [1.82, 2.24) is 9.88 Å². The summed E-state index contributed by atoms with van der Waals surface area (Å²) in [6.45, 7) is 11.5. The van der Waals surface area contributed by atoms with E-state index in [2.05, 4.69) is 15.0 Å². The highest BCUT2D eigenvalue weighted by atomic mass is 32.1. The van der Waals surface area contributed by atoms with Gasteiger partial charge in [-0.2, -0.15) is 0 Å². The van der Waals surface area contributed by atoms with Crippen LogP contribution in [0.25, 0.3) is 10.4 Å². The molecule has 0 saturated carbocycles. The van der Waals surface area contributed by atoms with Gasteiger partial charge in [-0.05, 0) is 53.5 Å². The number of thiazole rings is 1. The van der Waals surface area contributed by atoms with Crippen LogP contribution in [0.4, 0.5) is 4.79 Å². The van der Waals surface area contributed by atoms with Crippen molar-refractivity contribution in [2.24, 2.45) is 5.11 Å². The molecule has 138 valence electrons. The van der Waals surface area contributed by atoms with Crippen LogP contribution in [0.3, 0.4) is 0 Å². The first-order valence-electron chi connectivity index (χ1n) is 8.20. The van der Waals surface area contributed by atoms with Gasteiger partial charge in [0.25, 0.3) is 0 Å². The molecular weight excluding hydrogens is 342 g/mol. The molecule has 8 nitrogen and oxygen atoms in total. The highest BCUT2D eigenvalue weighted by Crippen LogP contribution is 2.43. The maximum Gasteiger partial charge on any atom is 0.413 e. The van der Waals surface area contributed by atoms with E-state index >= 15 is 0 Å². The fourth-order valence-corrected chi connectivity index (χ4v) is 3.89. The van der Waals surface area contributed by atoms with E-state index in [0.29, 0.717) is 13.0 Å². The third kappa shape index (κ3) is 4.62. The zero-order valence-electron chi connectivity index (χ0n) is 15.5. The van der Waals surface area contributed by atoms with Gasteiger partial charge < -0.3 is 9.47 Å². The lowest BCUT2D eigenvalue weighted by molar-refractivity contribution is -0.0757. The van der Waals surface area contributed by atoms with Crippen LogP contribution in [0.1, 0.15) is 58.3 Å². The van der Waals surface area contributed by atoms with Crippen LogP contribution < -0.4 is 0 Å². The normalized spacial score (nSPS) is 22.6. The summed E-state index contributed by atoms with van der Waals surface area (Å²) in [5, 5.41) is 6.25. The van der Waals surface area contributed by atoms with E-state index in [1.165, 1.54) is 11.3 Å². The molecule has 0 aromatic carbocycles. The molecule has 1 aliphatic heterocycles. The minimum absolute atomic E-state index is 0.210. The lowest BCUT2D eigenvalue weighted by Gasteiger charge is -2.34. The number of hydrogen-bond acceptors (Lipinski definition) is 6. The van der Waals surface area contributed by atoms with Gasteiger partial charge in [-0.3, -0.25) is 4.90 Å². The number of rotatable bonds is 4. The van der Waals surface area contributed by atoms with E-state index in [1.807, 2.05) is 46.9 Å². The molecule has 0 radical (unpaired) electrons. The Balaban J connectivity index is 2.27. The van der Waals surface area contributed by atoms with Gasteiger partial charge in [0.2, 0.25) is 0 Å². The second-order valence-corrected chi connectivity index (χ2v) is 8.34. The molecule has 0 unspecified atom stereocenters. The molecule has 0 N–H and O–H groups in total. The molecular formula is C16H25N5O3S. The lowest BCUT2D eigenvalue weighted by atomic mass is 10.1. The predicted molar refractivity (Wildman–Crippen MR) is 95.3 cm³/mol. The van der Waals surface area contributed by atoms with Crippen molar-refractivity contribution in [3.8, 4) is 0 Å². The average Bonchev–Trinajstić information content (AvgIpc) is 2.98. The van der Waals surface area contributed by atoms with E-state index < -0.39 is 17.4 Å². The van der Waals surface area contributed by atoms with Crippen molar-refractivity contribution >= 4 is 17.4 Å². The summed E-state index contributed by atoms with van der Waals surface area (Å²) in [6, 6.07) is -0.317. The molecule has 1 fully saturated rings. The van der Waals surface area contributed by atoms with E-state index in [1.54, 1.807) is 4.90 Å². The Morgan fingerprint density at radius 1 is 1.56 bits per heavy atom. The van der Waals surface area contributed by atoms with E-state index in [4.69, 9.17) is 15.0 Å². The number of nitrogens with zero attached hydrogens (tertiary/aromatic N) is 5. The van der Waals surface area contributed by atoms with Gasteiger partial charge in [0.1, 0.15) is 22.4 Å². The molecule has 0 aliphatic carbocycles. The molecule has 1 aromatic heterocycles. The highest BCUT2D eigenvalue weighted by molar-refractivity contribution is 7.09. The monoisotopic (exact) mass is 367 g/mol. The summed E-state index contributed by atoms with van der Waals surface area (Å²) in [5.41, 5.74) is 7.83. The second-order valence-electron chi connectivity index (χ2n) is 7.45. The number of carbonyl (C=O) groups is 1. The highest BCUT2D eigenvalue weighted by Gasteiger charge is 2.51. The molecule has 1 aliphatic rings. The van der Waals surface area contributed by atoms with Gasteiger partial charge in [0, 0.05) is 16.8 Å². The Bertz CT molecular complexity index is 676. The maximum absolute atomic E-state index is 12.8. The first-order chi connectivity index (χ1) is 11.5. The minimum Gasteiger partial charge on any atom is -0.444 e. The zero-order valence-corrected chi connectivity index (χ0v) is 16.3. The smallest absolute Gasteiger partial charge is 0.413 e.